The van der Waals surface area contributed by atoms with E-state index in [0.717, 1.165) is 21.8 Å². The summed E-state index contributed by atoms with van der Waals surface area (Å²) in [5.74, 6) is 0. The largest absolute Gasteiger partial charge is 0.378 e. The van der Waals surface area contributed by atoms with Gasteiger partial charge in [-0.05, 0) is 24.3 Å². The Labute approximate surface area is 133 Å². The van der Waals surface area contributed by atoms with Gasteiger partial charge in [0.15, 0.2) is 0 Å². The molecule has 0 unspecified atom stereocenters. The molecule has 0 radical (unpaired) electrons. The summed E-state index contributed by atoms with van der Waals surface area (Å²) in [6.07, 6.45) is 3.49. The average Bonchev–Trinajstić information content (AvgIpc) is 2.62. The second-order valence-corrected chi connectivity index (χ2v) is 5.43. The Morgan fingerprint density at radius 1 is 1.09 bits per heavy atom. The number of anilines is 1. The van der Waals surface area contributed by atoms with Crippen LogP contribution in [0.15, 0.2) is 42.7 Å². The van der Waals surface area contributed by atoms with Gasteiger partial charge in [-0.1, -0.05) is 6.07 Å². The van der Waals surface area contributed by atoms with Crippen LogP contribution in [0.5, 0.6) is 0 Å². The van der Waals surface area contributed by atoms with Crippen LogP contribution in [0.1, 0.15) is 0 Å². The first-order valence-electron chi connectivity index (χ1n) is 7.59. The van der Waals surface area contributed by atoms with Gasteiger partial charge in [-0.2, -0.15) is 0 Å². The second-order valence-electron chi connectivity index (χ2n) is 5.43. The van der Waals surface area contributed by atoms with Gasteiger partial charge in [-0.15, -0.1) is 0 Å². The molecule has 1 saturated heterocycles. The molecule has 116 valence electrons. The highest BCUT2D eigenvalue weighted by Gasteiger charge is 2.18. The topological polar surface area (TPSA) is 67.4 Å². The van der Waals surface area contributed by atoms with Gasteiger partial charge in [0.1, 0.15) is 0 Å². The zero-order valence-corrected chi connectivity index (χ0v) is 12.5. The molecule has 2 aromatic heterocycles. The molecule has 1 aliphatic heterocycles. The highest BCUT2D eigenvalue weighted by molar-refractivity contribution is 6.11. The number of urea groups is 1. The van der Waals surface area contributed by atoms with E-state index in [2.05, 4.69) is 15.3 Å². The normalized spacial score (nSPS) is 15.0. The summed E-state index contributed by atoms with van der Waals surface area (Å²) in [5, 5.41) is 4.90. The SMILES string of the molecule is O=C(Nc1cc2cccnc2c2cccnc12)N1CCOCC1. The van der Waals surface area contributed by atoms with Crippen molar-refractivity contribution in [2.75, 3.05) is 31.6 Å². The molecular formula is C17H16N4O2. The number of pyridine rings is 2. The van der Waals surface area contributed by atoms with Crippen molar-refractivity contribution in [2.45, 2.75) is 0 Å². The molecule has 2 amide bonds. The lowest BCUT2D eigenvalue weighted by Crippen LogP contribution is -2.43. The van der Waals surface area contributed by atoms with Gasteiger partial charge in [0.05, 0.1) is 29.9 Å². The number of aromatic nitrogens is 2. The summed E-state index contributed by atoms with van der Waals surface area (Å²) in [6, 6.07) is 9.53. The number of hydrogen-bond acceptors (Lipinski definition) is 4. The predicted molar refractivity (Wildman–Crippen MR) is 88.5 cm³/mol. The first-order valence-corrected chi connectivity index (χ1v) is 7.59. The zero-order chi connectivity index (χ0) is 15.6. The highest BCUT2D eigenvalue weighted by Crippen LogP contribution is 2.29. The number of hydrogen-bond donors (Lipinski definition) is 1. The summed E-state index contributed by atoms with van der Waals surface area (Å²) in [6.45, 7) is 2.36. The van der Waals surface area contributed by atoms with E-state index in [4.69, 9.17) is 4.74 Å². The number of carbonyl (C=O) groups is 1. The van der Waals surface area contributed by atoms with Crippen molar-refractivity contribution in [3.8, 4) is 0 Å². The molecule has 23 heavy (non-hydrogen) atoms. The molecule has 1 aliphatic rings. The third-order valence-corrected chi connectivity index (χ3v) is 4.00. The number of nitrogens with zero attached hydrogens (tertiary/aromatic N) is 3. The minimum Gasteiger partial charge on any atom is -0.378 e. The van der Waals surface area contributed by atoms with Gasteiger partial charge in [-0.25, -0.2) is 4.79 Å². The maximum Gasteiger partial charge on any atom is 0.322 e. The Balaban J connectivity index is 1.77. The molecule has 4 rings (SSSR count). The lowest BCUT2D eigenvalue weighted by atomic mass is 10.1. The van der Waals surface area contributed by atoms with Crippen molar-refractivity contribution in [2.24, 2.45) is 0 Å². The minimum atomic E-state index is -0.122. The Hall–Kier alpha value is -2.73. The summed E-state index contributed by atoms with van der Waals surface area (Å²) in [4.78, 5) is 23.1. The van der Waals surface area contributed by atoms with E-state index < -0.39 is 0 Å². The van der Waals surface area contributed by atoms with E-state index in [1.54, 1.807) is 17.3 Å². The molecule has 3 heterocycles. The molecule has 0 spiro atoms. The molecule has 3 aromatic rings. The molecule has 1 N–H and O–H groups in total. The van der Waals surface area contributed by atoms with Crippen molar-refractivity contribution < 1.29 is 9.53 Å². The van der Waals surface area contributed by atoms with Crippen LogP contribution in [-0.4, -0.2) is 47.2 Å². The third-order valence-electron chi connectivity index (χ3n) is 4.00. The van der Waals surface area contributed by atoms with Gasteiger partial charge < -0.3 is 15.0 Å². The van der Waals surface area contributed by atoms with Crippen LogP contribution < -0.4 is 5.32 Å². The average molecular weight is 308 g/mol. The number of ether oxygens (including phenoxy) is 1. The Kier molecular flexibility index (Phi) is 3.51. The van der Waals surface area contributed by atoms with Gasteiger partial charge in [0, 0.05) is 36.3 Å². The number of morpholine rings is 1. The standard InChI is InChI=1S/C17H16N4O2/c22-17(21-7-9-23-10-8-21)20-14-11-12-3-1-5-18-15(12)13-4-2-6-19-16(13)14/h1-6,11H,7-10H2,(H,20,22). The zero-order valence-electron chi connectivity index (χ0n) is 12.5. The van der Waals surface area contributed by atoms with Crippen LogP contribution in [-0.2, 0) is 4.74 Å². The van der Waals surface area contributed by atoms with Gasteiger partial charge in [0.2, 0.25) is 0 Å². The van der Waals surface area contributed by atoms with Crippen molar-refractivity contribution >= 4 is 33.5 Å². The smallest absolute Gasteiger partial charge is 0.322 e. The van der Waals surface area contributed by atoms with Gasteiger partial charge in [-0.3, -0.25) is 9.97 Å². The molecule has 1 aromatic carbocycles. The molecular weight excluding hydrogens is 292 g/mol. The molecule has 0 saturated carbocycles. The number of benzene rings is 1. The summed E-state index contributed by atoms with van der Waals surface area (Å²) < 4.78 is 5.29. The molecule has 0 bridgehead atoms. The molecule has 6 nitrogen and oxygen atoms in total. The maximum absolute atomic E-state index is 12.5. The molecule has 6 heteroatoms. The molecule has 0 aliphatic carbocycles. The van der Waals surface area contributed by atoms with E-state index in [1.165, 1.54) is 0 Å². The highest BCUT2D eigenvalue weighted by atomic mass is 16.5. The summed E-state index contributed by atoms with van der Waals surface area (Å²) >= 11 is 0. The minimum absolute atomic E-state index is 0.122. The lowest BCUT2D eigenvalue weighted by Gasteiger charge is -2.27. The number of amides is 2. The van der Waals surface area contributed by atoms with Crippen LogP contribution in [0.2, 0.25) is 0 Å². The molecule has 0 atom stereocenters. The van der Waals surface area contributed by atoms with Crippen LogP contribution in [0.4, 0.5) is 10.5 Å². The Bertz CT molecular complexity index is 875. The fraction of sp³-hybridized carbons (Fsp3) is 0.235. The first kappa shape index (κ1) is 13.9. The lowest BCUT2D eigenvalue weighted by molar-refractivity contribution is 0.0565. The fourth-order valence-corrected chi connectivity index (χ4v) is 2.85. The Morgan fingerprint density at radius 3 is 2.65 bits per heavy atom. The number of rotatable bonds is 1. The maximum atomic E-state index is 12.5. The second kappa shape index (κ2) is 5.81. The molecule has 1 fully saturated rings. The van der Waals surface area contributed by atoms with E-state index in [9.17, 15) is 4.79 Å². The van der Waals surface area contributed by atoms with Crippen LogP contribution >= 0.6 is 0 Å². The first-order chi connectivity index (χ1) is 11.3. The predicted octanol–water partition coefficient (Wildman–Crippen LogP) is 2.65. The quantitative estimate of drug-likeness (QED) is 0.702. The van der Waals surface area contributed by atoms with Crippen LogP contribution in [0, 0.1) is 0 Å². The van der Waals surface area contributed by atoms with Gasteiger partial charge in [0.25, 0.3) is 0 Å². The summed E-state index contributed by atoms with van der Waals surface area (Å²) in [7, 11) is 0. The monoisotopic (exact) mass is 308 g/mol. The number of carbonyl (C=O) groups excluding carboxylic acids is 1. The fourth-order valence-electron chi connectivity index (χ4n) is 2.85. The van der Waals surface area contributed by atoms with Crippen molar-refractivity contribution in [1.82, 2.24) is 14.9 Å². The van der Waals surface area contributed by atoms with Crippen molar-refractivity contribution in [1.29, 1.82) is 0 Å². The Morgan fingerprint density at radius 2 is 1.83 bits per heavy atom. The van der Waals surface area contributed by atoms with E-state index in [-0.39, 0.29) is 6.03 Å². The van der Waals surface area contributed by atoms with E-state index >= 15 is 0 Å². The van der Waals surface area contributed by atoms with E-state index in [0.29, 0.717) is 32.0 Å². The van der Waals surface area contributed by atoms with Crippen LogP contribution in [0.25, 0.3) is 21.8 Å². The van der Waals surface area contributed by atoms with E-state index in [1.807, 2.05) is 30.3 Å². The number of fused-ring (bicyclic) bond motifs is 3. The van der Waals surface area contributed by atoms with Crippen molar-refractivity contribution in [3.05, 3.63) is 42.7 Å². The summed E-state index contributed by atoms with van der Waals surface area (Å²) in [5.41, 5.74) is 2.35. The van der Waals surface area contributed by atoms with Crippen molar-refractivity contribution in [3.63, 3.8) is 0 Å². The van der Waals surface area contributed by atoms with Crippen LogP contribution in [0.3, 0.4) is 0 Å². The number of nitrogens with one attached hydrogen (secondary N) is 1. The van der Waals surface area contributed by atoms with Gasteiger partial charge >= 0.3 is 6.03 Å². The third kappa shape index (κ3) is 2.57.